The van der Waals surface area contributed by atoms with Gasteiger partial charge in [-0.15, -0.1) is 0 Å². The van der Waals surface area contributed by atoms with E-state index in [1.807, 2.05) is 48.5 Å². The Bertz CT molecular complexity index is 611. The molecule has 0 fully saturated rings. The van der Waals surface area contributed by atoms with Gasteiger partial charge in [0, 0.05) is 19.2 Å². The van der Waals surface area contributed by atoms with Crippen molar-refractivity contribution in [3.8, 4) is 5.75 Å². The van der Waals surface area contributed by atoms with Gasteiger partial charge >= 0.3 is 7.62 Å². The minimum Gasteiger partial charge on any atom is -0.489 e. The minimum absolute atomic E-state index is 0.0330. The summed E-state index contributed by atoms with van der Waals surface area (Å²) >= 11 is 0. The fraction of sp³-hybridized carbons (Fsp3) is 0.368. The lowest BCUT2D eigenvalue weighted by molar-refractivity contribution is 0.259. The third-order valence-electron chi connectivity index (χ3n) is 3.74. The monoisotopic (exact) mass is 341 g/mol. The maximum absolute atomic E-state index is 9.61. The molecule has 2 rings (SSSR count). The number of aliphatic hydroxyl groups is 1. The third kappa shape index (κ3) is 7.28. The molecule has 1 radical (unpaired) electrons. The Balaban J connectivity index is 1.78. The average molecular weight is 341 g/mol. The van der Waals surface area contributed by atoms with Crippen molar-refractivity contribution in [2.45, 2.75) is 26.2 Å². The Hall–Kier alpha value is -1.86. The van der Waals surface area contributed by atoms with Crippen LogP contribution < -0.4 is 15.3 Å². The summed E-state index contributed by atoms with van der Waals surface area (Å²) in [6, 6.07) is 16.0. The predicted octanol–water partition coefficient (Wildman–Crippen LogP) is 2.01. The van der Waals surface area contributed by atoms with E-state index in [1.165, 1.54) is 0 Å². The summed E-state index contributed by atoms with van der Waals surface area (Å²) in [5, 5.41) is 16.0. The lowest BCUT2D eigenvalue weighted by Gasteiger charge is -2.12. The zero-order chi connectivity index (χ0) is 17.7. The van der Waals surface area contributed by atoms with E-state index >= 15 is 0 Å². The first-order chi connectivity index (χ1) is 12.3. The molecule has 0 saturated carbocycles. The van der Waals surface area contributed by atoms with Crippen LogP contribution in [0.1, 0.15) is 23.1 Å². The molecule has 133 valence electrons. The van der Waals surface area contributed by atoms with E-state index in [4.69, 9.17) is 9.39 Å². The number of nitrogens with one attached hydrogen (secondary N) is 2. The highest BCUT2D eigenvalue weighted by atomic mass is 16.5. The van der Waals surface area contributed by atoms with Crippen molar-refractivity contribution in [1.29, 1.82) is 0 Å². The van der Waals surface area contributed by atoms with Gasteiger partial charge in [0.05, 0.1) is 6.61 Å². The zero-order valence-electron chi connectivity index (χ0n) is 14.7. The van der Waals surface area contributed by atoms with Crippen LogP contribution in [0.2, 0.25) is 0 Å². The van der Waals surface area contributed by atoms with Crippen LogP contribution in [-0.2, 0) is 24.4 Å². The van der Waals surface area contributed by atoms with Crippen LogP contribution in [0.25, 0.3) is 0 Å². The molecule has 5 nitrogen and oxygen atoms in total. The van der Waals surface area contributed by atoms with Crippen LogP contribution in [0.4, 0.5) is 0 Å². The molecule has 0 unspecified atom stereocenters. The maximum Gasteiger partial charge on any atom is 0.395 e. The molecule has 2 aromatic carbocycles. The molecule has 3 N–H and O–H groups in total. The van der Waals surface area contributed by atoms with Crippen molar-refractivity contribution in [3.63, 3.8) is 0 Å². The molecular weight excluding hydrogens is 315 g/mol. The molecule has 0 aliphatic heterocycles. The van der Waals surface area contributed by atoms with Crippen LogP contribution in [0.15, 0.2) is 48.5 Å². The third-order valence-corrected chi connectivity index (χ3v) is 3.74. The van der Waals surface area contributed by atoms with Gasteiger partial charge in [0.15, 0.2) is 0 Å². The molecular formula is C19H26BN2O3. The minimum atomic E-state index is -0.0330. The van der Waals surface area contributed by atoms with Crippen molar-refractivity contribution >= 4 is 7.62 Å². The second-order valence-electron chi connectivity index (χ2n) is 5.71. The van der Waals surface area contributed by atoms with Gasteiger partial charge < -0.3 is 25.0 Å². The molecule has 0 bridgehead atoms. The van der Waals surface area contributed by atoms with Crippen molar-refractivity contribution in [1.82, 2.24) is 10.5 Å². The van der Waals surface area contributed by atoms with E-state index in [-0.39, 0.29) is 6.61 Å². The molecule has 6 heteroatoms. The highest BCUT2D eigenvalue weighted by molar-refractivity contribution is 6.23. The molecule has 0 atom stereocenters. The van der Waals surface area contributed by atoms with Gasteiger partial charge in [0.2, 0.25) is 0 Å². The number of hydrogen-bond donors (Lipinski definition) is 3. The molecule has 0 saturated heterocycles. The smallest absolute Gasteiger partial charge is 0.395 e. The van der Waals surface area contributed by atoms with Crippen LogP contribution in [-0.4, -0.2) is 32.9 Å². The molecule has 2 aromatic rings. The molecule has 25 heavy (non-hydrogen) atoms. The van der Waals surface area contributed by atoms with Crippen molar-refractivity contribution in [2.75, 3.05) is 20.2 Å². The predicted molar refractivity (Wildman–Crippen MR) is 100 cm³/mol. The maximum atomic E-state index is 9.61. The Morgan fingerprint density at radius 1 is 1.04 bits per heavy atom. The molecule has 0 heterocycles. The van der Waals surface area contributed by atoms with E-state index in [2.05, 4.69) is 10.5 Å². The topological polar surface area (TPSA) is 62.8 Å². The SMILES string of the molecule is CO[B]NCCCNCc1ccc(OCc2ccccc2)c(CO)c1. The summed E-state index contributed by atoms with van der Waals surface area (Å²) < 4.78 is 10.7. The first kappa shape index (κ1) is 19.5. The molecule has 0 spiro atoms. The number of ether oxygens (including phenoxy) is 1. The summed E-state index contributed by atoms with van der Waals surface area (Å²) in [6.07, 6.45) is 1.00. The highest BCUT2D eigenvalue weighted by Crippen LogP contribution is 2.21. The highest BCUT2D eigenvalue weighted by Gasteiger charge is 2.05. The Morgan fingerprint density at radius 2 is 1.88 bits per heavy atom. The van der Waals surface area contributed by atoms with Gasteiger partial charge in [0.1, 0.15) is 12.4 Å². The lowest BCUT2D eigenvalue weighted by atomic mass is 10.1. The largest absolute Gasteiger partial charge is 0.489 e. The number of aliphatic hydroxyl groups excluding tert-OH is 1. The van der Waals surface area contributed by atoms with E-state index < -0.39 is 0 Å². The van der Waals surface area contributed by atoms with E-state index in [1.54, 1.807) is 14.7 Å². The summed E-state index contributed by atoms with van der Waals surface area (Å²) in [6.45, 7) is 3.01. The van der Waals surface area contributed by atoms with Gasteiger partial charge in [-0.1, -0.05) is 36.4 Å². The van der Waals surface area contributed by atoms with Crippen molar-refractivity contribution in [2.24, 2.45) is 0 Å². The van der Waals surface area contributed by atoms with Gasteiger partial charge in [-0.2, -0.15) is 0 Å². The Morgan fingerprint density at radius 3 is 2.64 bits per heavy atom. The second kappa shape index (κ2) is 11.7. The molecule has 0 aliphatic carbocycles. The standard InChI is InChI=1S/C19H26BN2O3/c1-24-20-22-11-5-10-21-13-17-8-9-19(18(12-17)14-23)25-15-16-6-3-2-4-7-16/h2-4,6-9,12,21-23H,5,10-11,13-15H2,1H3. The molecule has 0 aliphatic rings. The van der Waals surface area contributed by atoms with E-state index in [0.29, 0.717) is 6.61 Å². The first-order valence-electron chi connectivity index (χ1n) is 8.51. The van der Waals surface area contributed by atoms with Gasteiger partial charge in [0.25, 0.3) is 0 Å². The van der Waals surface area contributed by atoms with Crippen LogP contribution in [0.5, 0.6) is 5.75 Å². The van der Waals surface area contributed by atoms with Gasteiger partial charge in [-0.3, -0.25) is 0 Å². The van der Waals surface area contributed by atoms with Gasteiger partial charge in [-0.25, -0.2) is 0 Å². The lowest BCUT2D eigenvalue weighted by Crippen LogP contribution is -2.25. The van der Waals surface area contributed by atoms with E-state index in [0.717, 1.165) is 48.5 Å². The van der Waals surface area contributed by atoms with Crippen LogP contribution in [0, 0.1) is 0 Å². The van der Waals surface area contributed by atoms with Crippen molar-refractivity contribution < 1.29 is 14.5 Å². The normalized spacial score (nSPS) is 10.6. The zero-order valence-corrected chi connectivity index (χ0v) is 14.7. The number of rotatable bonds is 12. The van der Waals surface area contributed by atoms with Crippen molar-refractivity contribution in [3.05, 3.63) is 65.2 Å². The quantitative estimate of drug-likeness (QED) is 0.407. The summed E-state index contributed by atoms with van der Waals surface area (Å²) in [4.78, 5) is 0. The van der Waals surface area contributed by atoms with Crippen LogP contribution >= 0.6 is 0 Å². The van der Waals surface area contributed by atoms with E-state index in [9.17, 15) is 5.11 Å². The Labute approximate surface area is 150 Å². The summed E-state index contributed by atoms with van der Waals surface area (Å²) in [7, 11) is 3.21. The average Bonchev–Trinajstić information content (AvgIpc) is 2.66. The fourth-order valence-corrected chi connectivity index (χ4v) is 2.43. The second-order valence-corrected chi connectivity index (χ2v) is 5.71. The Kier molecular flexibility index (Phi) is 9.08. The number of hydrogen-bond acceptors (Lipinski definition) is 5. The molecule has 0 aromatic heterocycles. The van der Waals surface area contributed by atoms with Crippen LogP contribution in [0.3, 0.4) is 0 Å². The summed E-state index contributed by atoms with van der Waals surface area (Å²) in [5.41, 5.74) is 3.05. The molecule has 0 amide bonds. The summed E-state index contributed by atoms with van der Waals surface area (Å²) in [5.74, 6) is 0.731. The fourth-order valence-electron chi connectivity index (χ4n) is 2.43. The van der Waals surface area contributed by atoms with Gasteiger partial charge in [-0.05, 0) is 42.8 Å². The first-order valence-corrected chi connectivity index (χ1v) is 8.51. The number of benzene rings is 2.